The molecule has 0 radical (unpaired) electrons. The molecule has 0 bridgehead atoms. The summed E-state index contributed by atoms with van der Waals surface area (Å²) in [5, 5.41) is 14.4. The van der Waals surface area contributed by atoms with Gasteiger partial charge in [0, 0.05) is 18.7 Å². The Labute approximate surface area is 116 Å². The van der Waals surface area contributed by atoms with Crippen LogP contribution in [-0.2, 0) is 6.54 Å². The lowest BCUT2D eigenvalue weighted by atomic mass is 10.2. The summed E-state index contributed by atoms with van der Waals surface area (Å²) < 4.78 is 0. The lowest BCUT2D eigenvalue weighted by molar-refractivity contribution is -0.384. The Balaban J connectivity index is 2.04. The number of hydrogen-bond acceptors (Lipinski definition) is 3. The van der Waals surface area contributed by atoms with Crippen molar-refractivity contribution in [2.24, 2.45) is 0 Å². The number of halogens is 1. The molecule has 0 aliphatic heterocycles. The zero-order valence-electron chi connectivity index (χ0n) is 10.4. The number of benzene rings is 2. The number of non-ortho nitro benzene ring substituents is 1. The quantitative estimate of drug-likeness (QED) is 0.673. The molecule has 0 unspecified atom stereocenters. The zero-order chi connectivity index (χ0) is 13.8. The second-order valence-electron chi connectivity index (χ2n) is 4.26. The zero-order valence-corrected chi connectivity index (χ0v) is 11.1. The maximum absolute atomic E-state index is 10.5. The monoisotopic (exact) mass is 276 g/mol. The number of nitrogens with zero attached hydrogens (tertiary/aromatic N) is 1. The van der Waals surface area contributed by atoms with Gasteiger partial charge in [0.2, 0.25) is 0 Å². The van der Waals surface area contributed by atoms with Gasteiger partial charge < -0.3 is 5.32 Å². The van der Waals surface area contributed by atoms with Gasteiger partial charge >= 0.3 is 0 Å². The molecule has 0 fully saturated rings. The summed E-state index contributed by atoms with van der Waals surface area (Å²) in [5.74, 6) is 0. The molecule has 4 nitrogen and oxygen atoms in total. The summed E-state index contributed by atoms with van der Waals surface area (Å²) in [4.78, 5) is 10.1. The number of anilines is 1. The molecule has 0 saturated carbocycles. The minimum absolute atomic E-state index is 0.0946. The Hall–Kier alpha value is -2.07. The van der Waals surface area contributed by atoms with Gasteiger partial charge in [-0.2, -0.15) is 0 Å². The van der Waals surface area contributed by atoms with Crippen molar-refractivity contribution in [1.29, 1.82) is 0 Å². The maximum atomic E-state index is 10.5. The van der Waals surface area contributed by atoms with Crippen LogP contribution in [-0.4, -0.2) is 4.92 Å². The van der Waals surface area contributed by atoms with Crippen molar-refractivity contribution in [3.8, 4) is 0 Å². The first-order valence-electron chi connectivity index (χ1n) is 5.79. The average Bonchev–Trinajstić information content (AvgIpc) is 2.38. The van der Waals surface area contributed by atoms with Gasteiger partial charge in [0.1, 0.15) is 0 Å². The minimum atomic E-state index is -0.409. The summed E-state index contributed by atoms with van der Waals surface area (Å²) in [5.41, 5.74) is 3.01. The third-order valence-electron chi connectivity index (χ3n) is 2.75. The van der Waals surface area contributed by atoms with Crippen molar-refractivity contribution in [3.05, 3.63) is 68.7 Å². The van der Waals surface area contributed by atoms with Gasteiger partial charge in [-0.25, -0.2) is 0 Å². The van der Waals surface area contributed by atoms with Crippen LogP contribution in [0.3, 0.4) is 0 Å². The molecule has 0 spiro atoms. The first-order valence-corrected chi connectivity index (χ1v) is 6.17. The minimum Gasteiger partial charge on any atom is -0.380 e. The Morgan fingerprint density at radius 1 is 1.21 bits per heavy atom. The van der Waals surface area contributed by atoms with Gasteiger partial charge in [0.25, 0.3) is 5.69 Å². The van der Waals surface area contributed by atoms with Crippen molar-refractivity contribution in [3.63, 3.8) is 0 Å². The highest BCUT2D eigenvalue weighted by atomic mass is 35.5. The van der Waals surface area contributed by atoms with E-state index in [0.29, 0.717) is 11.6 Å². The van der Waals surface area contributed by atoms with Crippen LogP contribution < -0.4 is 5.32 Å². The SMILES string of the molecule is Cc1ccc(NCc2ccc([N+](=O)[O-])cc2)c(Cl)c1. The van der Waals surface area contributed by atoms with Crippen LogP contribution in [0, 0.1) is 17.0 Å². The Morgan fingerprint density at radius 2 is 1.89 bits per heavy atom. The van der Waals surface area contributed by atoms with Gasteiger partial charge in [-0.05, 0) is 30.2 Å². The summed E-state index contributed by atoms with van der Waals surface area (Å²) in [6.45, 7) is 2.55. The first kappa shape index (κ1) is 13.4. The molecule has 0 aromatic heterocycles. The Morgan fingerprint density at radius 3 is 2.47 bits per heavy atom. The van der Waals surface area contributed by atoms with Crippen LogP contribution in [0.4, 0.5) is 11.4 Å². The van der Waals surface area contributed by atoms with Crippen molar-refractivity contribution in [2.75, 3.05) is 5.32 Å². The Bertz CT molecular complexity index is 597. The van der Waals surface area contributed by atoms with Crippen molar-refractivity contribution in [1.82, 2.24) is 0 Å². The van der Waals surface area contributed by atoms with Crippen molar-refractivity contribution < 1.29 is 4.92 Å². The molecular weight excluding hydrogens is 264 g/mol. The van der Waals surface area contributed by atoms with Crippen LogP contribution in [0.25, 0.3) is 0 Å². The third-order valence-corrected chi connectivity index (χ3v) is 3.07. The molecule has 0 aliphatic carbocycles. The molecule has 0 atom stereocenters. The second-order valence-corrected chi connectivity index (χ2v) is 4.67. The van der Waals surface area contributed by atoms with E-state index in [-0.39, 0.29) is 5.69 Å². The molecular formula is C14H13ClN2O2. The van der Waals surface area contributed by atoms with Gasteiger partial charge in [-0.1, -0.05) is 29.8 Å². The van der Waals surface area contributed by atoms with E-state index in [1.54, 1.807) is 12.1 Å². The molecule has 98 valence electrons. The number of hydrogen-bond donors (Lipinski definition) is 1. The van der Waals surface area contributed by atoms with E-state index in [0.717, 1.165) is 16.8 Å². The second kappa shape index (κ2) is 5.71. The van der Waals surface area contributed by atoms with E-state index in [4.69, 9.17) is 11.6 Å². The number of nitrogens with one attached hydrogen (secondary N) is 1. The molecule has 0 heterocycles. The molecule has 1 N–H and O–H groups in total. The fourth-order valence-corrected chi connectivity index (χ4v) is 2.00. The molecule has 0 saturated heterocycles. The molecule has 0 amide bonds. The summed E-state index contributed by atoms with van der Waals surface area (Å²) in [6, 6.07) is 12.2. The van der Waals surface area contributed by atoms with Crippen LogP contribution in [0.15, 0.2) is 42.5 Å². The highest BCUT2D eigenvalue weighted by Crippen LogP contribution is 2.23. The standard InChI is InChI=1S/C14H13ClN2O2/c1-10-2-7-14(13(15)8-10)16-9-11-3-5-12(6-4-11)17(18)19/h2-8,16H,9H2,1H3. The molecule has 5 heteroatoms. The smallest absolute Gasteiger partial charge is 0.269 e. The summed E-state index contributed by atoms with van der Waals surface area (Å²) in [6.07, 6.45) is 0. The van der Waals surface area contributed by atoms with Crippen molar-refractivity contribution in [2.45, 2.75) is 13.5 Å². The van der Waals surface area contributed by atoms with Gasteiger partial charge in [-0.15, -0.1) is 0 Å². The number of nitro benzene ring substituents is 1. The van der Waals surface area contributed by atoms with Crippen LogP contribution in [0.5, 0.6) is 0 Å². The fourth-order valence-electron chi connectivity index (χ4n) is 1.70. The van der Waals surface area contributed by atoms with Crippen LogP contribution >= 0.6 is 11.6 Å². The fraction of sp³-hybridized carbons (Fsp3) is 0.143. The normalized spacial score (nSPS) is 10.2. The lowest BCUT2D eigenvalue weighted by Gasteiger charge is -2.09. The van der Waals surface area contributed by atoms with E-state index in [2.05, 4.69) is 5.32 Å². The van der Waals surface area contributed by atoms with Gasteiger partial charge in [0.15, 0.2) is 0 Å². The predicted molar refractivity (Wildman–Crippen MR) is 76.6 cm³/mol. The average molecular weight is 277 g/mol. The molecule has 2 aromatic carbocycles. The number of rotatable bonds is 4. The van der Waals surface area contributed by atoms with Gasteiger partial charge in [-0.3, -0.25) is 10.1 Å². The van der Waals surface area contributed by atoms with E-state index in [1.165, 1.54) is 12.1 Å². The predicted octanol–water partition coefficient (Wildman–Crippen LogP) is 4.17. The van der Waals surface area contributed by atoms with Crippen LogP contribution in [0.1, 0.15) is 11.1 Å². The molecule has 0 aliphatic rings. The largest absolute Gasteiger partial charge is 0.380 e. The van der Waals surface area contributed by atoms with E-state index < -0.39 is 4.92 Å². The van der Waals surface area contributed by atoms with Crippen molar-refractivity contribution >= 4 is 23.0 Å². The number of aryl methyl sites for hydroxylation is 1. The maximum Gasteiger partial charge on any atom is 0.269 e. The van der Waals surface area contributed by atoms with E-state index >= 15 is 0 Å². The van der Waals surface area contributed by atoms with Gasteiger partial charge in [0.05, 0.1) is 15.6 Å². The third kappa shape index (κ3) is 3.45. The topological polar surface area (TPSA) is 55.2 Å². The number of nitro groups is 1. The highest BCUT2D eigenvalue weighted by molar-refractivity contribution is 6.33. The summed E-state index contributed by atoms with van der Waals surface area (Å²) in [7, 11) is 0. The van der Waals surface area contributed by atoms with E-state index in [9.17, 15) is 10.1 Å². The lowest BCUT2D eigenvalue weighted by Crippen LogP contribution is -2.00. The molecule has 19 heavy (non-hydrogen) atoms. The summed E-state index contributed by atoms with van der Waals surface area (Å²) >= 11 is 6.11. The molecule has 2 rings (SSSR count). The first-order chi connectivity index (χ1) is 9.06. The highest BCUT2D eigenvalue weighted by Gasteiger charge is 2.04. The molecule has 2 aromatic rings. The Kier molecular flexibility index (Phi) is 4.02. The van der Waals surface area contributed by atoms with Crippen LogP contribution in [0.2, 0.25) is 5.02 Å². The van der Waals surface area contributed by atoms with E-state index in [1.807, 2.05) is 25.1 Å².